The van der Waals surface area contributed by atoms with Crippen molar-refractivity contribution in [3.8, 4) is 0 Å². The Morgan fingerprint density at radius 1 is 1.22 bits per heavy atom. The summed E-state index contributed by atoms with van der Waals surface area (Å²) in [4.78, 5) is 26.0. The number of carbonyl (C=O) groups is 1. The SMILES string of the molecule is Cc1c2cnn(CC(=O)N[C@@H]3CCC[C@H](C)[C@@H]3C)c(=O)c2c(C)n1Cc1cccc(Cl)c1. The first-order valence-electron chi connectivity index (χ1n) is 11.4. The van der Waals surface area contributed by atoms with Crippen LogP contribution in [0.2, 0.25) is 5.02 Å². The average Bonchev–Trinajstić information content (AvgIpc) is 2.98. The van der Waals surface area contributed by atoms with Gasteiger partial charge in [0.2, 0.25) is 5.91 Å². The molecule has 1 aliphatic carbocycles. The number of aromatic nitrogens is 3. The molecule has 1 fully saturated rings. The molecule has 0 aliphatic heterocycles. The van der Waals surface area contributed by atoms with E-state index in [1.807, 2.05) is 38.1 Å². The second-order valence-electron chi connectivity index (χ2n) is 9.22. The number of carbonyl (C=O) groups excluding carboxylic acids is 1. The van der Waals surface area contributed by atoms with E-state index in [0.29, 0.717) is 28.8 Å². The third-order valence-corrected chi connectivity index (χ3v) is 7.42. The fourth-order valence-electron chi connectivity index (χ4n) is 4.99. The minimum absolute atomic E-state index is 0.0651. The minimum Gasteiger partial charge on any atom is -0.351 e. The van der Waals surface area contributed by atoms with Crippen molar-refractivity contribution in [1.82, 2.24) is 19.7 Å². The van der Waals surface area contributed by atoms with Gasteiger partial charge in [-0.1, -0.05) is 50.4 Å². The van der Waals surface area contributed by atoms with Crippen molar-refractivity contribution >= 4 is 28.3 Å². The Balaban J connectivity index is 1.59. The zero-order valence-corrected chi connectivity index (χ0v) is 19.9. The van der Waals surface area contributed by atoms with Gasteiger partial charge in [-0.3, -0.25) is 9.59 Å². The molecule has 7 heteroatoms. The zero-order chi connectivity index (χ0) is 23.0. The molecule has 6 nitrogen and oxygen atoms in total. The van der Waals surface area contributed by atoms with Crippen LogP contribution in [0.4, 0.5) is 0 Å². The molecule has 2 aromatic heterocycles. The van der Waals surface area contributed by atoms with Crippen molar-refractivity contribution in [3.63, 3.8) is 0 Å². The Kier molecular flexibility index (Phi) is 6.42. The maximum absolute atomic E-state index is 13.3. The molecule has 1 N–H and O–H groups in total. The van der Waals surface area contributed by atoms with Crippen LogP contribution in [0.15, 0.2) is 35.3 Å². The predicted octanol–water partition coefficient (Wildman–Crippen LogP) is 4.46. The Hall–Kier alpha value is -2.60. The number of nitrogens with zero attached hydrogens (tertiary/aromatic N) is 3. The Bertz CT molecular complexity index is 1210. The number of aryl methyl sites for hydroxylation is 2. The number of amides is 1. The molecule has 0 unspecified atom stereocenters. The van der Waals surface area contributed by atoms with Crippen LogP contribution >= 0.6 is 11.6 Å². The van der Waals surface area contributed by atoms with Crippen molar-refractivity contribution in [2.24, 2.45) is 11.8 Å². The lowest BCUT2D eigenvalue weighted by Gasteiger charge is -2.34. The topological polar surface area (TPSA) is 68.9 Å². The first kappa shape index (κ1) is 22.6. The van der Waals surface area contributed by atoms with Gasteiger partial charge in [0.15, 0.2) is 0 Å². The summed E-state index contributed by atoms with van der Waals surface area (Å²) in [5.74, 6) is 0.874. The first-order chi connectivity index (χ1) is 15.3. The molecule has 4 rings (SSSR count). The summed E-state index contributed by atoms with van der Waals surface area (Å²) in [7, 11) is 0. The molecule has 170 valence electrons. The van der Waals surface area contributed by atoms with Crippen molar-refractivity contribution in [2.45, 2.75) is 66.1 Å². The highest BCUT2D eigenvalue weighted by atomic mass is 35.5. The number of halogens is 1. The van der Waals surface area contributed by atoms with E-state index >= 15 is 0 Å². The largest absolute Gasteiger partial charge is 0.351 e. The van der Waals surface area contributed by atoms with Crippen molar-refractivity contribution < 1.29 is 4.79 Å². The summed E-state index contributed by atoms with van der Waals surface area (Å²) in [6.45, 7) is 8.91. The van der Waals surface area contributed by atoms with Crippen molar-refractivity contribution in [1.29, 1.82) is 0 Å². The monoisotopic (exact) mass is 454 g/mol. The van der Waals surface area contributed by atoms with Crippen LogP contribution in [0.5, 0.6) is 0 Å². The van der Waals surface area contributed by atoms with Crippen LogP contribution in [0.25, 0.3) is 10.8 Å². The van der Waals surface area contributed by atoms with Gasteiger partial charge >= 0.3 is 0 Å². The van der Waals surface area contributed by atoms with E-state index in [4.69, 9.17) is 11.6 Å². The summed E-state index contributed by atoms with van der Waals surface area (Å²) in [5, 5.41) is 9.58. The van der Waals surface area contributed by atoms with Crippen LogP contribution < -0.4 is 10.9 Å². The number of fused-ring (bicyclic) bond motifs is 1. The van der Waals surface area contributed by atoms with Crippen molar-refractivity contribution in [3.05, 3.63) is 62.8 Å². The van der Waals surface area contributed by atoms with Gasteiger partial charge < -0.3 is 9.88 Å². The van der Waals surface area contributed by atoms with E-state index in [-0.39, 0.29) is 24.1 Å². The summed E-state index contributed by atoms with van der Waals surface area (Å²) in [5.41, 5.74) is 2.68. The molecule has 1 amide bonds. The molecule has 3 atom stereocenters. The van der Waals surface area contributed by atoms with Gasteiger partial charge in [-0.2, -0.15) is 5.10 Å². The molecule has 1 saturated carbocycles. The molecule has 0 bridgehead atoms. The normalized spacial score (nSPS) is 21.1. The van der Waals surface area contributed by atoms with E-state index in [1.54, 1.807) is 6.20 Å². The smallest absolute Gasteiger partial charge is 0.276 e. The minimum atomic E-state index is -0.229. The molecule has 0 spiro atoms. The average molecular weight is 455 g/mol. The first-order valence-corrected chi connectivity index (χ1v) is 11.7. The lowest BCUT2D eigenvalue weighted by molar-refractivity contribution is -0.123. The van der Waals surface area contributed by atoms with Crippen LogP contribution in [-0.4, -0.2) is 26.3 Å². The maximum atomic E-state index is 13.3. The molecular formula is C25H31ClN4O2. The van der Waals surface area contributed by atoms with Gasteiger partial charge in [0.05, 0.1) is 11.6 Å². The summed E-state index contributed by atoms with van der Waals surface area (Å²) < 4.78 is 3.39. The molecule has 0 saturated heterocycles. The second-order valence-corrected chi connectivity index (χ2v) is 9.66. The fourth-order valence-corrected chi connectivity index (χ4v) is 5.20. The van der Waals surface area contributed by atoms with Gasteiger partial charge in [-0.05, 0) is 49.8 Å². The third-order valence-electron chi connectivity index (χ3n) is 7.18. The van der Waals surface area contributed by atoms with Crippen LogP contribution in [0.1, 0.15) is 50.1 Å². The molecule has 1 aromatic carbocycles. The molecular weight excluding hydrogens is 424 g/mol. The van der Waals surface area contributed by atoms with E-state index in [9.17, 15) is 9.59 Å². The Morgan fingerprint density at radius 3 is 2.75 bits per heavy atom. The van der Waals surface area contributed by atoms with E-state index in [1.165, 1.54) is 11.1 Å². The highest BCUT2D eigenvalue weighted by molar-refractivity contribution is 6.30. The van der Waals surface area contributed by atoms with E-state index < -0.39 is 0 Å². The van der Waals surface area contributed by atoms with Crippen molar-refractivity contribution in [2.75, 3.05) is 0 Å². The van der Waals surface area contributed by atoms with Crippen LogP contribution in [0, 0.1) is 25.7 Å². The summed E-state index contributed by atoms with van der Waals surface area (Å²) in [6, 6.07) is 7.88. The van der Waals surface area contributed by atoms with E-state index in [2.05, 4.69) is 28.8 Å². The number of nitrogens with one attached hydrogen (secondary N) is 1. The van der Waals surface area contributed by atoms with E-state index in [0.717, 1.165) is 35.2 Å². The third kappa shape index (κ3) is 4.33. The highest BCUT2D eigenvalue weighted by Crippen LogP contribution is 2.29. The fraction of sp³-hybridized carbons (Fsp3) is 0.480. The quantitative estimate of drug-likeness (QED) is 0.618. The van der Waals surface area contributed by atoms with Crippen LogP contribution in [0.3, 0.4) is 0 Å². The second kappa shape index (κ2) is 9.10. The van der Waals surface area contributed by atoms with Gasteiger partial charge in [0, 0.05) is 34.4 Å². The molecule has 3 aromatic rings. The Morgan fingerprint density at radius 2 is 2.00 bits per heavy atom. The van der Waals surface area contributed by atoms with Crippen LogP contribution in [-0.2, 0) is 17.9 Å². The Labute approximate surface area is 193 Å². The molecule has 1 aliphatic rings. The maximum Gasteiger partial charge on any atom is 0.276 e. The van der Waals surface area contributed by atoms with Gasteiger partial charge in [0.25, 0.3) is 5.56 Å². The summed E-state index contributed by atoms with van der Waals surface area (Å²) >= 11 is 6.14. The lowest BCUT2D eigenvalue weighted by Crippen LogP contribution is -2.45. The van der Waals surface area contributed by atoms with Gasteiger partial charge in [0.1, 0.15) is 6.54 Å². The molecule has 2 heterocycles. The van der Waals surface area contributed by atoms with Gasteiger partial charge in [-0.25, -0.2) is 4.68 Å². The highest BCUT2D eigenvalue weighted by Gasteiger charge is 2.28. The number of hydrogen-bond acceptors (Lipinski definition) is 3. The molecule has 32 heavy (non-hydrogen) atoms. The number of benzene rings is 1. The van der Waals surface area contributed by atoms with Gasteiger partial charge in [-0.15, -0.1) is 0 Å². The summed E-state index contributed by atoms with van der Waals surface area (Å²) in [6.07, 6.45) is 5.02. The zero-order valence-electron chi connectivity index (χ0n) is 19.2. The standard InChI is InChI=1S/C25H31ClN4O2/c1-15-7-5-10-22(16(15)2)28-23(31)14-30-25(32)24-18(4)29(17(3)21(24)12-27-30)13-19-8-6-9-20(26)11-19/h6,8-9,11-12,15-16,22H,5,7,10,13-14H2,1-4H3,(H,28,31)/t15-,16-,22+/m0/s1. The molecule has 0 radical (unpaired) electrons. The lowest BCUT2D eigenvalue weighted by atomic mass is 9.78. The number of hydrogen-bond donors (Lipinski definition) is 1. The number of rotatable bonds is 5. The predicted molar refractivity (Wildman–Crippen MR) is 128 cm³/mol.